The van der Waals surface area contributed by atoms with Gasteiger partial charge >= 0.3 is 5.97 Å². The molecule has 2 rings (SSSR count). The minimum absolute atomic E-state index is 0.0117. The van der Waals surface area contributed by atoms with Crippen LogP contribution in [0.25, 0.3) is 0 Å². The van der Waals surface area contributed by atoms with Gasteiger partial charge in [0, 0.05) is 13.1 Å². The summed E-state index contributed by atoms with van der Waals surface area (Å²) in [7, 11) is 1.43. The van der Waals surface area contributed by atoms with E-state index in [4.69, 9.17) is 9.47 Å². The third-order valence-electron chi connectivity index (χ3n) is 4.36. The van der Waals surface area contributed by atoms with Crippen LogP contribution >= 0.6 is 0 Å². The fourth-order valence-corrected chi connectivity index (χ4v) is 3.06. The number of hydrogen-bond donors (Lipinski definition) is 0. The van der Waals surface area contributed by atoms with E-state index in [-0.39, 0.29) is 30.5 Å². The number of likely N-dealkylation sites (tertiary alicyclic amines) is 1. The summed E-state index contributed by atoms with van der Waals surface area (Å²) in [5, 5.41) is 0. The van der Waals surface area contributed by atoms with Crippen LogP contribution in [0.15, 0.2) is 0 Å². The van der Waals surface area contributed by atoms with Gasteiger partial charge in [-0.05, 0) is 44.9 Å². The molecule has 2 aliphatic rings. The normalized spacial score (nSPS) is 27.1. The van der Waals surface area contributed by atoms with Crippen LogP contribution in [-0.4, -0.2) is 49.7 Å². The van der Waals surface area contributed by atoms with Crippen molar-refractivity contribution in [2.45, 2.75) is 51.0 Å². The van der Waals surface area contributed by atoms with E-state index in [0.29, 0.717) is 0 Å². The van der Waals surface area contributed by atoms with Crippen LogP contribution in [0.2, 0.25) is 0 Å². The first kappa shape index (κ1) is 15.3. The first-order chi connectivity index (χ1) is 9.70. The summed E-state index contributed by atoms with van der Waals surface area (Å²) in [5.41, 5.74) is 0. The van der Waals surface area contributed by atoms with E-state index in [1.54, 1.807) is 0 Å². The van der Waals surface area contributed by atoms with Crippen molar-refractivity contribution in [2.24, 2.45) is 5.92 Å². The highest BCUT2D eigenvalue weighted by molar-refractivity contribution is 5.77. The van der Waals surface area contributed by atoms with E-state index in [0.717, 1.165) is 51.6 Å². The Hall–Kier alpha value is -1.10. The molecule has 0 bridgehead atoms. The van der Waals surface area contributed by atoms with Crippen LogP contribution < -0.4 is 0 Å². The Kier molecular flexibility index (Phi) is 5.83. The Balaban J connectivity index is 1.65. The lowest BCUT2D eigenvalue weighted by Crippen LogP contribution is -2.39. The van der Waals surface area contributed by atoms with E-state index in [1.807, 2.05) is 4.90 Å². The molecule has 1 saturated carbocycles. The quantitative estimate of drug-likeness (QED) is 0.738. The lowest BCUT2D eigenvalue weighted by atomic mass is 9.87. The molecule has 5 nitrogen and oxygen atoms in total. The van der Waals surface area contributed by atoms with E-state index >= 15 is 0 Å². The van der Waals surface area contributed by atoms with E-state index in [2.05, 4.69) is 0 Å². The molecule has 1 saturated heterocycles. The molecule has 1 aliphatic carbocycles. The Bertz CT molecular complexity index is 331. The summed E-state index contributed by atoms with van der Waals surface area (Å²) in [4.78, 5) is 25.3. The number of rotatable bonds is 4. The Morgan fingerprint density at radius 2 is 1.70 bits per heavy atom. The highest BCUT2D eigenvalue weighted by Crippen LogP contribution is 2.27. The van der Waals surface area contributed by atoms with Crippen molar-refractivity contribution >= 4 is 11.9 Å². The lowest BCUT2D eigenvalue weighted by Gasteiger charge is -2.29. The summed E-state index contributed by atoms with van der Waals surface area (Å²) in [5.74, 6) is 0.00489. The molecule has 0 aromatic carbocycles. The monoisotopic (exact) mass is 283 g/mol. The van der Waals surface area contributed by atoms with Crippen LogP contribution in [0.3, 0.4) is 0 Å². The Morgan fingerprint density at radius 3 is 2.30 bits per heavy atom. The van der Waals surface area contributed by atoms with Crippen molar-refractivity contribution in [3.8, 4) is 0 Å². The van der Waals surface area contributed by atoms with Crippen molar-refractivity contribution in [3.63, 3.8) is 0 Å². The summed E-state index contributed by atoms with van der Waals surface area (Å²) in [6.45, 7) is 1.93. The highest BCUT2D eigenvalue weighted by atomic mass is 16.5. The second kappa shape index (κ2) is 7.62. The van der Waals surface area contributed by atoms with Gasteiger partial charge in [0.1, 0.15) is 6.61 Å². The molecule has 0 aromatic heterocycles. The first-order valence-electron chi connectivity index (χ1n) is 7.68. The molecule has 0 unspecified atom stereocenters. The van der Waals surface area contributed by atoms with Gasteiger partial charge < -0.3 is 14.4 Å². The third-order valence-corrected chi connectivity index (χ3v) is 4.36. The number of nitrogens with zero attached hydrogens (tertiary/aromatic N) is 1. The maximum atomic E-state index is 12.0. The maximum Gasteiger partial charge on any atom is 0.308 e. The van der Waals surface area contributed by atoms with Gasteiger partial charge in [-0.15, -0.1) is 0 Å². The number of hydrogen-bond acceptors (Lipinski definition) is 4. The van der Waals surface area contributed by atoms with Crippen LogP contribution in [0, 0.1) is 5.92 Å². The fourth-order valence-electron chi connectivity index (χ4n) is 3.06. The van der Waals surface area contributed by atoms with Gasteiger partial charge in [0.25, 0.3) is 0 Å². The largest absolute Gasteiger partial charge is 0.469 e. The maximum absolute atomic E-state index is 12.0. The van der Waals surface area contributed by atoms with Crippen molar-refractivity contribution in [2.75, 3.05) is 26.8 Å². The molecular weight excluding hydrogens is 258 g/mol. The number of ether oxygens (including phenoxy) is 2. The molecule has 0 aromatic rings. The van der Waals surface area contributed by atoms with Crippen LogP contribution in [0.1, 0.15) is 44.9 Å². The molecule has 0 N–H and O–H groups in total. The zero-order chi connectivity index (χ0) is 14.4. The second-order valence-electron chi connectivity index (χ2n) is 5.75. The number of esters is 1. The number of piperidine rings is 1. The topological polar surface area (TPSA) is 55.8 Å². The van der Waals surface area contributed by atoms with Gasteiger partial charge in [0.2, 0.25) is 5.91 Å². The van der Waals surface area contributed by atoms with Crippen molar-refractivity contribution in [1.82, 2.24) is 4.90 Å². The zero-order valence-corrected chi connectivity index (χ0v) is 12.3. The minimum atomic E-state index is -0.118. The Morgan fingerprint density at radius 1 is 1.05 bits per heavy atom. The number of amides is 1. The van der Waals surface area contributed by atoms with Gasteiger partial charge in [-0.1, -0.05) is 0 Å². The van der Waals surface area contributed by atoms with E-state index in [9.17, 15) is 9.59 Å². The van der Waals surface area contributed by atoms with Crippen LogP contribution in [0.5, 0.6) is 0 Å². The predicted molar refractivity (Wildman–Crippen MR) is 74.1 cm³/mol. The molecule has 5 heteroatoms. The van der Waals surface area contributed by atoms with E-state index < -0.39 is 0 Å². The third kappa shape index (κ3) is 4.20. The van der Waals surface area contributed by atoms with Gasteiger partial charge in [0.15, 0.2) is 0 Å². The number of methoxy groups -OCH3 is 1. The van der Waals surface area contributed by atoms with E-state index in [1.165, 1.54) is 13.5 Å². The van der Waals surface area contributed by atoms with Gasteiger partial charge in [-0.25, -0.2) is 0 Å². The molecule has 0 radical (unpaired) electrons. The predicted octanol–water partition coefficient (Wildman–Crippen LogP) is 1.75. The van der Waals surface area contributed by atoms with Gasteiger partial charge in [0.05, 0.1) is 19.1 Å². The summed E-state index contributed by atoms with van der Waals surface area (Å²) < 4.78 is 10.5. The molecule has 114 valence electrons. The van der Waals surface area contributed by atoms with Crippen molar-refractivity contribution in [1.29, 1.82) is 0 Å². The lowest BCUT2D eigenvalue weighted by molar-refractivity contribution is -0.149. The molecular formula is C15H25NO4. The van der Waals surface area contributed by atoms with Crippen molar-refractivity contribution < 1.29 is 19.1 Å². The first-order valence-corrected chi connectivity index (χ1v) is 7.68. The molecule has 1 aliphatic heterocycles. The molecule has 1 amide bonds. The molecule has 1 heterocycles. The smallest absolute Gasteiger partial charge is 0.308 e. The van der Waals surface area contributed by atoms with Crippen LogP contribution in [-0.2, 0) is 19.1 Å². The summed E-state index contributed by atoms with van der Waals surface area (Å²) in [6, 6.07) is 0. The zero-order valence-electron chi connectivity index (χ0n) is 12.3. The fraction of sp³-hybridized carbons (Fsp3) is 0.867. The number of carbonyl (C=O) groups excluding carboxylic acids is 2. The average Bonchev–Trinajstić information content (AvgIpc) is 2.53. The van der Waals surface area contributed by atoms with Gasteiger partial charge in [-0.3, -0.25) is 9.59 Å². The average molecular weight is 283 g/mol. The van der Waals surface area contributed by atoms with Crippen molar-refractivity contribution in [3.05, 3.63) is 0 Å². The highest BCUT2D eigenvalue weighted by Gasteiger charge is 2.28. The second-order valence-corrected chi connectivity index (χ2v) is 5.75. The van der Waals surface area contributed by atoms with Gasteiger partial charge in [-0.2, -0.15) is 0 Å². The number of carbonyl (C=O) groups is 2. The molecule has 2 fully saturated rings. The standard InChI is InChI=1S/C15H25NO4/c1-19-15(18)12-5-7-13(8-6-12)20-11-14(17)16-9-3-2-4-10-16/h12-13H,2-11H2,1H3. The molecule has 20 heavy (non-hydrogen) atoms. The SMILES string of the molecule is COC(=O)C1CCC(OCC(=O)N2CCCCC2)CC1. The molecule has 0 spiro atoms. The summed E-state index contributed by atoms with van der Waals surface area (Å²) in [6.07, 6.45) is 6.84. The molecule has 0 atom stereocenters. The van der Waals surface area contributed by atoms with Crippen LogP contribution in [0.4, 0.5) is 0 Å². The Labute approximate surface area is 120 Å². The summed E-state index contributed by atoms with van der Waals surface area (Å²) >= 11 is 0. The minimum Gasteiger partial charge on any atom is -0.469 e.